The third-order valence-corrected chi connectivity index (χ3v) is 5.22. The second-order valence-corrected chi connectivity index (χ2v) is 7.29. The van der Waals surface area contributed by atoms with Gasteiger partial charge < -0.3 is 9.80 Å². The summed E-state index contributed by atoms with van der Waals surface area (Å²) in [6.45, 7) is 4.00. The number of pyridine rings is 1. The van der Waals surface area contributed by atoms with Crippen LogP contribution >= 0.6 is 0 Å². The van der Waals surface area contributed by atoms with Crippen LogP contribution < -0.4 is 4.90 Å². The molecule has 4 rings (SSSR count). The molecular formula is C20H20F3N7O. The van der Waals surface area contributed by atoms with Gasteiger partial charge in [0.25, 0.3) is 5.91 Å². The van der Waals surface area contributed by atoms with Gasteiger partial charge in [-0.2, -0.15) is 13.2 Å². The first-order chi connectivity index (χ1) is 14.8. The molecule has 1 aliphatic heterocycles. The normalized spacial score (nSPS) is 15.1. The lowest BCUT2D eigenvalue weighted by atomic mass is 10.1. The molecule has 1 fully saturated rings. The monoisotopic (exact) mass is 431 g/mol. The molecule has 31 heavy (non-hydrogen) atoms. The van der Waals surface area contributed by atoms with Gasteiger partial charge in [-0.1, -0.05) is 0 Å². The maximum absolute atomic E-state index is 13.0. The summed E-state index contributed by atoms with van der Waals surface area (Å²) in [5, 5.41) is 11.1. The van der Waals surface area contributed by atoms with Crippen molar-refractivity contribution < 1.29 is 18.0 Å². The second kappa shape index (κ2) is 8.32. The van der Waals surface area contributed by atoms with Crippen molar-refractivity contribution in [1.82, 2.24) is 30.1 Å². The molecule has 0 atom stereocenters. The van der Waals surface area contributed by atoms with Gasteiger partial charge in [0.1, 0.15) is 12.1 Å². The van der Waals surface area contributed by atoms with Crippen molar-refractivity contribution in [3.8, 4) is 5.69 Å². The van der Waals surface area contributed by atoms with Gasteiger partial charge in [-0.25, -0.2) is 9.67 Å². The molecule has 0 bridgehead atoms. The van der Waals surface area contributed by atoms with Crippen molar-refractivity contribution in [3.05, 3.63) is 59.5 Å². The number of nitrogens with zero attached hydrogens (tertiary/aromatic N) is 7. The second-order valence-electron chi connectivity index (χ2n) is 7.29. The van der Waals surface area contributed by atoms with E-state index in [4.69, 9.17) is 0 Å². The topological polar surface area (TPSA) is 80.0 Å². The molecule has 0 spiro atoms. The molecule has 1 amide bonds. The Labute approximate surface area is 176 Å². The van der Waals surface area contributed by atoms with Gasteiger partial charge in [-0.15, -0.1) is 5.10 Å². The number of tetrazole rings is 1. The molecular weight excluding hydrogens is 411 g/mol. The van der Waals surface area contributed by atoms with E-state index < -0.39 is 11.7 Å². The lowest BCUT2D eigenvalue weighted by Gasteiger charge is -2.23. The fourth-order valence-electron chi connectivity index (χ4n) is 3.59. The van der Waals surface area contributed by atoms with E-state index in [1.54, 1.807) is 23.1 Å². The van der Waals surface area contributed by atoms with Crippen molar-refractivity contribution in [2.75, 3.05) is 31.1 Å². The molecule has 1 aliphatic rings. The molecule has 0 saturated carbocycles. The maximum Gasteiger partial charge on any atom is 0.417 e. The minimum absolute atomic E-state index is 0.0893. The molecule has 1 saturated heterocycles. The number of aromatic nitrogens is 5. The van der Waals surface area contributed by atoms with E-state index in [9.17, 15) is 18.0 Å². The molecule has 0 aliphatic carbocycles. The molecule has 8 nitrogen and oxygen atoms in total. The number of aryl methyl sites for hydroxylation is 1. The fourth-order valence-corrected chi connectivity index (χ4v) is 3.59. The van der Waals surface area contributed by atoms with Crippen molar-refractivity contribution >= 4 is 11.7 Å². The minimum Gasteiger partial charge on any atom is -0.355 e. The van der Waals surface area contributed by atoms with E-state index in [1.165, 1.54) is 17.1 Å². The average molecular weight is 431 g/mol. The van der Waals surface area contributed by atoms with E-state index in [0.29, 0.717) is 44.0 Å². The number of benzene rings is 1. The van der Waals surface area contributed by atoms with Crippen LogP contribution in [0.1, 0.15) is 27.9 Å². The Kier molecular flexibility index (Phi) is 5.57. The Morgan fingerprint density at radius 1 is 1.06 bits per heavy atom. The molecule has 2 aromatic heterocycles. The summed E-state index contributed by atoms with van der Waals surface area (Å²) in [4.78, 5) is 20.7. The van der Waals surface area contributed by atoms with Gasteiger partial charge in [0.15, 0.2) is 0 Å². The van der Waals surface area contributed by atoms with Crippen molar-refractivity contribution in [2.24, 2.45) is 0 Å². The van der Waals surface area contributed by atoms with Crippen LogP contribution in [0.4, 0.5) is 19.0 Å². The number of halogens is 3. The number of anilines is 1. The van der Waals surface area contributed by atoms with Gasteiger partial charge in [0, 0.05) is 37.9 Å². The zero-order chi connectivity index (χ0) is 22.0. The van der Waals surface area contributed by atoms with Crippen LogP contribution in [0.25, 0.3) is 5.69 Å². The summed E-state index contributed by atoms with van der Waals surface area (Å²) in [5.41, 5.74) is 1.44. The molecule has 11 heteroatoms. The zero-order valence-electron chi connectivity index (χ0n) is 16.7. The number of carbonyl (C=O) groups is 1. The van der Waals surface area contributed by atoms with Crippen LogP contribution in [0.15, 0.2) is 42.9 Å². The molecule has 0 unspecified atom stereocenters. The highest BCUT2D eigenvalue weighted by Gasteiger charge is 2.31. The zero-order valence-corrected chi connectivity index (χ0v) is 16.7. The van der Waals surface area contributed by atoms with Crippen molar-refractivity contribution in [1.29, 1.82) is 0 Å². The lowest BCUT2D eigenvalue weighted by Crippen LogP contribution is -2.35. The molecule has 1 aromatic carbocycles. The van der Waals surface area contributed by atoms with Gasteiger partial charge in [-0.05, 0) is 59.7 Å². The third-order valence-electron chi connectivity index (χ3n) is 5.22. The first-order valence-corrected chi connectivity index (χ1v) is 9.74. The van der Waals surface area contributed by atoms with Crippen LogP contribution in [-0.2, 0) is 6.18 Å². The molecule has 3 heterocycles. The van der Waals surface area contributed by atoms with Gasteiger partial charge >= 0.3 is 6.18 Å². The van der Waals surface area contributed by atoms with E-state index in [-0.39, 0.29) is 5.91 Å². The molecule has 0 N–H and O–H groups in total. The summed E-state index contributed by atoms with van der Waals surface area (Å²) in [6.07, 6.45) is -1.39. The Morgan fingerprint density at radius 3 is 2.55 bits per heavy atom. The standard InChI is InChI=1S/C20H20F3N7O/c1-14-11-15(3-5-17(14)30-13-25-26-27-30)19(31)29-8-2-7-28(9-10-29)18-6-4-16(12-24-18)20(21,22)23/h3-6,11-13H,2,7-10H2,1H3. The maximum atomic E-state index is 13.0. The van der Waals surface area contributed by atoms with Crippen LogP contribution in [0, 0.1) is 6.92 Å². The predicted molar refractivity (Wildman–Crippen MR) is 106 cm³/mol. The smallest absolute Gasteiger partial charge is 0.355 e. The van der Waals surface area contributed by atoms with E-state index in [2.05, 4.69) is 20.5 Å². The summed E-state index contributed by atoms with van der Waals surface area (Å²) >= 11 is 0. The first-order valence-electron chi connectivity index (χ1n) is 9.74. The Balaban J connectivity index is 1.44. The predicted octanol–water partition coefficient (Wildman–Crippen LogP) is 2.74. The fraction of sp³-hybridized carbons (Fsp3) is 0.350. The number of hydrogen-bond donors (Lipinski definition) is 0. The van der Waals surface area contributed by atoms with Crippen molar-refractivity contribution in [3.63, 3.8) is 0 Å². The average Bonchev–Trinajstić information content (AvgIpc) is 3.16. The minimum atomic E-state index is -4.41. The quantitative estimate of drug-likeness (QED) is 0.635. The molecule has 0 radical (unpaired) electrons. The van der Waals surface area contributed by atoms with Crippen molar-refractivity contribution in [2.45, 2.75) is 19.5 Å². The largest absolute Gasteiger partial charge is 0.417 e. The van der Waals surface area contributed by atoms with E-state index in [1.807, 2.05) is 11.8 Å². The number of carbonyl (C=O) groups excluding carboxylic acids is 1. The molecule has 3 aromatic rings. The van der Waals surface area contributed by atoms with Crippen LogP contribution in [0.5, 0.6) is 0 Å². The Hall–Kier alpha value is -3.50. The summed E-state index contributed by atoms with van der Waals surface area (Å²) in [6, 6.07) is 7.76. The van der Waals surface area contributed by atoms with Gasteiger partial charge in [0.2, 0.25) is 0 Å². The SMILES string of the molecule is Cc1cc(C(=O)N2CCCN(c3ccc(C(F)(F)F)cn3)CC2)ccc1-n1cnnn1. The number of rotatable bonds is 3. The number of alkyl halides is 3. The Bertz CT molecular complexity index is 1050. The van der Waals surface area contributed by atoms with E-state index >= 15 is 0 Å². The summed E-state index contributed by atoms with van der Waals surface area (Å²) < 4.78 is 39.8. The number of hydrogen-bond acceptors (Lipinski definition) is 6. The lowest BCUT2D eigenvalue weighted by molar-refractivity contribution is -0.137. The highest BCUT2D eigenvalue weighted by molar-refractivity contribution is 5.94. The highest BCUT2D eigenvalue weighted by atomic mass is 19.4. The highest BCUT2D eigenvalue weighted by Crippen LogP contribution is 2.29. The Morgan fingerprint density at radius 2 is 1.90 bits per heavy atom. The summed E-state index contributed by atoms with van der Waals surface area (Å²) in [7, 11) is 0. The summed E-state index contributed by atoms with van der Waals surface area (Å²) in [5.74, 6) is 0.387. The molecule has 162 valence electrons. The first kappa shape index (κ1) is 20.8. The van der Waals surface area contributed by atoms with Crippen LogP contribution in [-0.4, -0.2) is 62.2 Å². The van der Waals surface area contributed by atoms with Crippen LogP contribution in [0.3, 0.4) is 0 Å². The van der Waals surface area contributed by atoms with Crippen LogP contribution in [0.2, 0.25) is 0 Å². The van der Waals surface area contributed by atoms with Gasteiger partial charge in [0.05, 0.1) is 11.3 Å². The number of amides is 1. The third kappa shape index (κ3) is 4.49. The van der Waals surface area contributed by atoms with Gasteiger partial charge in [-0.3, -0.25) is 4.79 Å². The van der Waals surface area contributed by atoms with E-state index in [0.717, 1.165) is 23.5 Å².